The highest BCUT2D eigenvalue weighted by atomic mass is 35.5. The molecule has 1 aromatic rings. The average molecular weight is 409 g/mol. The van der Waals surface area contributed by atoms with Crippen LogP contribution in [0.2, 0.25) is 5.02 Å². The lowest BCUT2D eigenvalue weighted by atomic mass is 10.2. The Morgan fingerprint density at radius 1 is 0.929 bits per heavy atom. The van der Waals surface area contributed by atoms with Gasteiger partial charge in [0.05, 0.1) is 23.8 Å². The van der Waals surface area contributed by atoms with Crippen molar-refractivity contribution in [1.29, 1.82) is 0 Å². The lowest BCUT2D eigenvalue weighted by Crippen LogP contribution is -2.51. The highest BCUT2D eigenvalue weighted by molar-refractivity contribution is 6.34. The van der Waals surface area contributed by atoms with Crippen LogP contribution in [0.1, 0.15) is 12.8 Å². The molecule has 4 rings (SSSR count). The predicted molar refractivity (Wildman–Crippen MR) is 105 cm³/mol. The predicted octanol–water partition coefficient (Wildman–Crippen LogP) is 1.25. The fraction of sp³-hybridized carbons (Fsp3) is 0.579. The van der Waals surface area contributed by atoms with E-state index in [9.17, 15) is 9.59 Å². The van der Waals surface area contributed by atoms with Crippen molar-refractivity contribution in [3.8, 4) is 11.5 Å². The number of likely N-dealkylation sites (tertiary alicyclic amines) is 1. The minimum atomic E-state index is -0.123. The van der Waals surface area contributed by atoms with Crippen molar-refractivity contribution >= 4 is 29.1 Å². The number of benzene rings is 1. The van der Waals surface area contributed by atoms with Gasteiger partial charge in [-0.2, -0.15) is 0 Å². The number of ether oxygens (including phenoxy) is 2. The molecule has 3 aliphatic heterocycles. The van der Waals surface area contributed by atoms with Gasteiger partial charge in [0.1, 0.15) is 0 Å². The topological polar surface area (TPSA) is 74.4 Å². The maximum absolute atomic E-state index is 12.4. The molecule has 0 spiro atoms. The first-order valence-corrected chi connectivity index (χ1v) is 10.1. The quantitative estimate of drug-likeness (QED) is 0.790. The zero-order valence-corrected chi connectivity index (χ0v) is 16.5. The molecule has 152 valence electrons. The molecular formula is C19H25ClN4O4. The summed E-state index contributed by atoms with van der Waals surface area (Å²) in [6.07, 6.45) is 2.23. The number of carbonyl (C=O) groups excluding carboxylic acids is 2. The number of piperazine rings is 1. The van der Waals surface area contributed by atoms with Crippen molar-refractivity contribution in [2.24, 2.45) is 0 Å². The molecule has 0 aromatic heterocycles. The van der Waals surface area contributed by atoms with E-state index in [4.69, 9.17) is 21.1 Å². The molecule has 0 bridgehead atoms. The van der Waals surface area contributed by atoms with Crippen molar-refractivity contribution in [1.82, 2.24) is 14.7 Å². The number of halogens is 1. The second-order valence-corrected chi connectivity index (χ2v) is 7.78. The van der Waals surface area contributed by atoms with Gasteiger partial charge in [0.25, 0.3) is 0 Å². The first-order chi connectivity index (χ1) is 13.6. The van der Waals surface area contributed by atoms with E-state index in [0.29, 0.717) is 35.3 Å². The summed E-state index contributed by atoms with van der Waals surface area (Å²) in [5, 5.41) is 3.26. The van der Waals surface area contributed by atoms with E-state index >= 15 is 0 Å². The van der Waals surface area contributed by atoms with Gasteiger partial charge in [-0.3, -0.25) is 19.4 Å². The van der Waals surface area contributed by atoms with Gasteiger partial charge in [-0.15, -0.1) is 0 Å². The molecule has 28 heavy (non-hydrogen) atoms. The second kappa shape index (κ2) is 8.55. The molecular weight excluding hydrogens is 384 g/mol. The summed E-state index contributed by atoms with van der Waals surface area (Å²) in [5.41, 5.74) is 0.519. The number of nitrogens with zero attached hydrogens (tertiary/aromatic N) is 3. The zero-order chi connectivity index (χ0) is 19.5. The van der Waals surface area contributed by atoms with Crippen molar-refractivity contribution in [2.75, 3.05) is 64.5 Å². The first kappa shape index (κ1) is 19.3. The van der Waals surface area contributed by atoms with E-state index in [1.807, 2.05) is 4.90 Å². The van der Waals surface area contributed by atoms with Gasteiger partial charge >= 0.3 is 0 Å². The van der Waals surface area contributed by atoms with Gasteiger partial charge in [-0.05, 0) is 12.8 Å². The molecule has 2 amide bonds. The number of hydrogen-bond donors (Lipinski definition) is 1. The summed E-state index contributed by atoms with van der Waals surface area (Å²) >= 11 is 6.21. The van der Waals surface area contributed by atoms with Crippen molar-refractivity contribution in [2.45, 2.75) is 12.8 Å². The molecule has 0 radical (unpaired) electrons. The summed E-state index contributed by atoms with van der Waals surface area (Å²) in [4.78, 5) is 30.9. The van der Waals surface area contributed by atoms with Crippen LogP contribution in [0.25, 0.3) is 0 Å². The number of anilines is 1. The monoisotopic (exact) mass is 408 g/mol. The molecule has 0 aliphatic carbocycles. The standard InChI is InChI=1S/C19H25ClN4O4/c20-14-9-16-17(28-13-27-16)10-15(14)21-18(25)11-22-5-7-23(8-6-22)12-19(26)24-3-1-2-4-24/h9-10H,1-8,11-13H2,(H,21,25). The molecule has 3 heterocycles. The molecule has 0 saturated carbocycles. The zero-order valence-electron chi connectivity index (χ0n) is 15.8. The maximum atomic E-state index is 12.4. The van der Waals surface area contributed by atoms with Crippen LogP contribution in [0.5, 0.6) is 11.5 Å². The number of nitrogens with one attached hydrogen (secondary N) is 1. The fourth-order valence-electron chi connectivity index (χ4n) is 3.77. The van der Waals surface area contributed by atoms with Crippen molar-refractivity contribution in [3.05, 3.63) is 17.2 Å². The molecule has 1 N–H and O–H groups in total. The maximum Gasteiger partial charge on any atom is 0.238 e. The minimum absolute atomic E-state index is 0.123. The van der Waals surface area contributed by atoms with Gasteiger partial charge in [0.15, 0.2) is 11.5 Å². The van der Waals surface area contributed by atoms with E-state index in [1.54, 1.807) is 12.1 Å². The van der Waals surface area contributed by atoms with Crippen LogP contribution in [0.4, 0.5) is 5.69 Å². The Hall–Kier alpha value is -2.03. The Kier molecular flexibility index (Phi) is 5.89. The van der Waals surface area contributed by atoms with E-state index in [2.05, 4.69) is 15.1 Å². The third-order valence-electron chi connectivity index (χ3n) is 5.39. The van der Waals surface area contributed by atoms with E-state index in [-0.39, 0.29) is 18.6 Å². The van der Waals surface area contributed by atoms with Crippen LogP contribution in [-0.2, 0) is 9.59 Å². The van der Waals surface area contributed by atoms with E-state index < -0.39 is 0 Å². The van der Waals surface area contributed by atoms with Gasteiger partial charge in [0.2, 0.25) is 18.6 Å². The lowest BCUT2D eigenvalue weighted by Gasteiger charge is -2.34. The Morgan fingerprint density at radius 3 is 2.21 bits per heavy atom. The number of amides is 2. The molecule has 3 aliphatic rings. The van der Waals surface area contributed by atoms with Crippen LogP contribution in [0, 0.1) is 0 Å². The molecule has 1 aromatic carbocycles. The van der Waals surface area contributed by atoms with Crippen LogP contribution >= 0.6 is 11.6 Å². The lowest BCUT2D eigenvalue weighted by molar-refractivity contribution is -0.132. The van der Waals surface area contributed by atoms with Crippen molar-refractivity contribution < 1.29 is 19.1 Å². The van der Waals surface area contributed by atoms with E-state index in [0.717, 1.165) is 52.1 Å². The fourth-order valence-corrected chi connectivity index (χ4v) is 3.97. The summed E-state index contributed by atoms with van der Waals surface area (Å²) in [5.74, 6) is 1.27. The number of hydrogen-bond acceptors (Lipinski definition) is 6. The van der Waals surface area contributed by atoms with Gasteiger partial charge in [-0.1, -0.05) is 11.6 Å². The Labute approximate surface area is 169 Å². The van der Waals surface area contributed by atoms with Gasteiger partial charge in [0, 0.05) is 51.4 Å². The van der Waals surface area contributed by atoms with Crippen molar-refractivity contribution in [3.63, 3.8) is 0 Å². The van der Waals surface area contributed by atoms with Crippen LogP contribution in [-0.4, -0.2) is 85.7 Å². The summed E-state index contributed by atoms with van der Waals surface area (Å²) < 4.78 is 10.6. The molecule has 2 saturated heterocycles. The molecule has 9 heteroatoms. The Morgan fingerprint density at radius 2 is 1.54 bits per heavy atom. The second-order valence-electron chi connectivity index (χ2n) is 7.37. The SMILES string of the molecule is O=C(CN1CCN(CC(=O)N2CCCC2)CC1)Nc1cc2c(cc1Cl)OCO2. The van der Waals surface area contributed by atoms with Gasteiger partial charge in [-0.25, -0.2) is 0 Å². The molecule has 0 unspecified atom stereocenters. The first-order valence-electron chi connectivity index (χ1n) is 9.70. The van der Waals surface area contributed by atoms with Crippen LogP contribution in [0.15, 0.2) is 12.1 Å². The summed E-state index contributed by atoms with van der Waals surface area (Å²) in [7, 11) is 0. The molecule has 0 atom stereocenters. The minimum Gasteiger partial charge on any atom is -0.454 e. The highest BCUT2D eigenvalue weighted by Gasteiger charge is 2.24. The smallest absolute Gasteiger partial charge is 0.238 e. The number of fused-ring (bicyclic) bond motifs is 1. The Bertz CT molecular complexity index is 746. The van der Waals surface area contributed by atoms with E-state index in [1.165, 1.54) is 0 Å². The third kappa shape index (κ3) is 4.51. The average Bonchev–Trinajstić information content (AvgIpc) is 3.35. The van der Waals surface area contributed by atoms with Gasteiger partial charge < -0.3 is 19.7 Å². The summed E-state index contributed by atoms with van der Waals surface area (Å²) in [6.45, 7) is 5.81. The normalized spacial score (nSPS) is 19.8. The highest BCUT2D eigenvalue weighted by Crippen LogP contribution is 2.39. The number of rotatable bonds is 5. The molecule has 2 fully saturated rings. The molecule has 8 nitrogen and oxygen atoms in total. The summed E-state index contributed by atoms with van der Waals surface area (Å²) in [6, 6.07) is 3.33. The van der Waals surface area contributed by atoms with Crippen LogP contribution in [0.3, 0.4) is 0 Å². The van der Waals surface area contributed by atoms with Crippen LogP contribution < -0.4 is 14.8 Å². The largest absolute Gasteiger partial charge is 0.454 e. The number of carbonyl (C=O) groups is 2. The Balaban J connectivity index is 1.22. The third-order valence-corrected chi connectivity index (χ3v) is 5.70.